The lowest BCUT2D eigenvalue weighted by Crippen LogP contribution is -2.38. The molecule has 2 aromatic carbocycles. The summed E-state index contributed by atoms with van der Waals surface area (Å²) in [5, 5.41) is 13.2. The van der Waals surface area contributed by atoms with Crippen molar-refractivity contribution in [3.63, 3.8) is 0 Å². The third kappa shape index (κ3) is 2.86. The highest BCUT2D eigenvalue weighted by molar-refractivity contribution is 5.81. The van der Waals surface area contributed by atoms with Crippen molar-refractivity contribution in [3.05, 3.63) is 75.3 Å². The van der Waals surface area contributed by atoms with Crippen LogP contribution in [-0.2, 0) is 20.0 Å². The van der Waals surface area contributed by atoms with Gasteiger partial charge in [-0.2, -0.15) is 0 Å². The van der Waals surface area contributed by atoms with Gasteiger partial charge < -0.3 is 5.32 Å². The summed E-state index contributed by atoms with van der Waals surface area (Å²) in [6.45, 7) is 7.22. The van der Waals surface area contributed by atoms with E-state index in [4.69, 9.17) is 0 Å². The standard InChI is InChI=1S/C24H27N5O/c1-15-9-10-19-18(13-15)22(30)28(4)23-27-26-20(29(19)23)14-25-21-17-8-6-5-7-16(17)11-12-24(21,2)3/h5-10,13,21,25H,11-12,14H2,1-4H3. The van der Waals surface area contributed by atoms with E-state index in [1.54, 1.807) is 11.6 Å². The normalized spacial score (nSPS) is 18.1. The minimum absolute atomic E-state index is 0.0459. The van der Waals surface area contributed by atoms with Crippen LogP contribution in [0.3, 0.4) is 0 Å². The molecule has 0 fully saturated rings. The van der Waals surface area contributed by atoms with Crippen molar-refractivity contribution < 1.29 is 0 Å². The highest BCUT2D eigenvalue weighted by Crippen LogP contribution is 2.43. The fourth-order valence-corrected chi connectivity index (χ4v) is 4.82. The highest BCUT2D eigenvalue weighted by atomic mass is 16.1. The second kappa shape index (κ2) is 6.77. The van der Waals surface area contributed by atoms with Gasteiger partial charge in [-0.3, -0.25) is 13.8 Å². The number of benzene rings is 2. The molecule has 0 radical (unpaired) electrons. The van der Waals surface area contributed by atoms with Crippen LogP contribution in [0.25, 0.3) is 16.7 Å². The summed E-state index contributed by atoms with van der Waals surface area (Å²) in [4.78, 5) is 12.8. The molecule has 1 unspecified atom stereocenters. The third-order valence-corrected chi connectivity index (χ3v) is 6.59. The van der Waals surface area contributed by atoms with E-state index in [1.807, 2.05) is 29.5 Å². The first-order valence-electron chi connectivity index (χ1n) is 10.5. The second-order valence-corrected chi connectivity index (χ2v) is 9.14. The van der Waals surface area contributed by atoms with E-state index in [0.717, 1.165) is 29.7 Å². The number of nitrogens with zero attached hydrogens (tertiary/aromatic N) is 4. The fraction of sp³-hybridized carbons (Fsp3) is 0.375. The lowest BCUT2D eigenvalue weighted by molar-refractivity contribution is 0.206. The molecule has 6 heteroatoms. The molecule has 2 heterocycles. The van der Waals surface area contributed by atoms with Gasteiger partial charge in [0.2, 0.25) is 5.78 Å². The quantitative estimate of drug-likeness (QED) is 0.569. The minimum atomic E-state index is -0.0459. The monoisotopic (exact) mass is 401 g/mol. The van der Waals surface area contributed by atoms with Gasteiger partial charge >= 0.3 is 0 Å². The van der Waals surface area contributed by atoms with Gasteiger partial charge in [-0.25, -0.2) is 0 Å². The third-order valence-electron chi connectivity index (χ3n) is 6.59. The van der Waals surface area contributed by atoms with Crippen molar-refractivity contribution in [1.82, 2.24) is 24.5 Å². The number of nitrogens with one attached hydrogen (secondary N) is 1. The van der Waals surface area contributed by atoms with E-state index in [1.165, 1.54) is 11.1 Å². The molecule has 6 nitrogen and oxygen atoms in total. The summed E-state index contributed by atoms with van der Waals surface area (Å²) in [6, 6.07) is 14.9. The zero-order valence-electron chi connectivity index (χ0n) is 17.9. The number of hydrogen-bond donors (Lipinski definition) is 1. The predicted octanol–water partition coefficient (Wildman–Crippen LogP) is 3.69. The smallest absolute Gasteiger partial charge is 0.262 e. The van der Waals surface area contributed by atoms with Crippen LogP contribution in [0.2, 0.25) is 0 Å². The Morgan fingerprint density at radius 3 is 2.80 bits per heavy atom. The second-order valence-electron chi connectivity index (χ2n) is 9.14. The van der Waals surface area contributed by atoms with Gasteiger partial charge in [-0.05, 0) is 48.4 Å². The largest absolute Gasteiger partial charge is 0.302 e. The fourth-order valence-electron chi connectivity index (χ4n) is 4.82. The molecule has 0 bridgehead atoms. The molecule has 5 rings (SSSR count). The van der Waals surface area contributed by atoms with Crippen molar-refractivity contribution in [1.29, 1.82) is 0 Å². The van der Waals surface area contributed by atoms with Crippen LogP contribution in [0, 0.1) is 12.3 Å². The summed E-state index contributed by atoms with van der Waals surface area (Å²) in [5.41, 5.74) is 4.80. The number of aryl methyl sites for hydroxylation is 3. The predicted molar refractivity (Wildman–Crippen MR) is 119 cm³/mol. The van der Waals surface area contributed by atoms with Gasteiger partial charge in [0.15, 0.2) is 5.82 Å². The van der Waals surface area contributed by atoms with E-state index < -0.39 is 0 Å². The Hall–Kier alpha value is -2.99. The van der Waals surface area contributed by atoms with Crippen LogP contribution in [0.1, 0.15) is 48.8 Å². The molecular weight excluding hydrogens is 374 g/mol. The highest BCUT2D eigenvalue weighted by Gasteiger charge is 2.35. The average Bonchev–Trinajstić information content (AvgIpc) is 3.15. The molecule has 30 heavy (non-hydrogen) atoms. The van der Waals surface area contributed by atoms with Crippen molar-refractivity contribution in [2.75, 3.05) is 0 Å². The van der Waals surface area contributed by atoms with Crippen LogP contribution in [0.15, 0.2) is 47.3 Å². The van der Waals surface area contributed by atoms with Gasteiger partial charge in [0.05, 0.1) is 17.4 Å². The van der Waals surface area contributed by atoms with E-state index in [9.17, 15) is 4.79 Å². The van der Waals surface area contributed by atoms with Crippen molar-refractivity contribution in [2.45, 2.75) is 46.2 Å². The zero-order valence-corrected chi connectivity index (χ0v) is 17.9. The first-order chi connectivity index (χ1) is 14.4. The van der Waals surface area contributed by atoms with Crippen molar-refractivity contribution in [3.8, 4) is 0 Å². The molecule has 0 amide bonds. The van der Waals surface area contributed by atoms with Crippen LogP contribution >= 0.6 is 0 Å². The van der Waals surface area contributed by atoms with Crippen molar-refractivity contribution >= 4 is 16.7 Å². The number of aromatic nitrogens is 4. The van der Waals surface area contributed by atoms with Gasteiger partial charge in [-0.1, -0.05) is 49.7 Å². The van der Waals surface area contributed by atoms with E-state index in [-0.39, 0.29) is 17.0 Å². The Labute approximate surface area is 175 Å². The van der Waals surface area contributed by atoms with Crippen LogP contribution in [0.4, 0.5) is 0 Å². The number of fused-ring (bicyclic) bond motifs is 4. The number of hydrogen-bond acceptors (Lipinski definition) is 4. The van der Waals surface area contributed by atoms with Crippen molar-refractivity contribution in [2.24, 2.45) is 12.5 Å². The van der Waals surface area contributed by atoms with Gasteiger partial charge in [-0.15, -0.1) is 10.2 Å². The Bertz CT molecular complexity index is 1330. The Morgan fingerprint density at radius 2 is 1.97 bits per heavy atom. The first-order valence-corrected chi connectivity index (χ1v) is 10.5. The maximum absolute atomic E-state index is 12.8. The molecular formula is C24H27N5O. The van der Waals surface area contributed by atoms with Crippen LogP contribution in [-0.4, -0.2) is 19.2 Å². The molecule has 1 aliphatic carbocycles. The maximum atomic E-state index is 12.8. The maximum Gasteiger partial charge on any atom is 0.262 e. The number of rotatable bonds is 3. The van der Waals surface area contributed by atoms with Crippen LogP contribution in [0.5, 0.6) is 0 Å². The molecule has 0 aliphatic heterocycles. The minimum Gasteiger partial charge on any atom is -0.302 e. The van der Waals surface area contributed by atoms with E-state index >= 15 is 0 Å². The molecule has 2 aromatic heterocycles. The topological polar surface area (TPSA) is 64.2 Å². The van der Waals surface area contributed by atoms with Crippen LogP contribution < -0.4 is 10.9 Å². The summed E-state index contributed by atoms with van der Waals surface area (Å²) in [6.07, 6.45) is 2.25. The van der Waals surface area contributed by atoms with Gasteiger partial charge in [0.25, 0.3) is 5.56 Å². The molecule has 0 saturated carbocycles. The molecule has 4 aromatic rings. The molecule has 1 atom stereocenters. The van der Waals surface area contributed by atoms with E-state index in [0.29, 0.717) is 17.7 Å². The Morgan fingerprint density at radius 1 is 1.17 bits per heavy atom. The molecule has 1 aliphatic rings. The summed E-state index contributed by atoms with van der Waals surface area (Å²) < 4.78 is 3.59. The molecule has 154 valence electrons. The SMILES string of the molecule is Cc1ccc2c(c1)c(=O)n(C)c1nnc(CNC3c4ccccc4CCC3(C)C)n21. The van der Waals surface area contributed by atoms with E-state index in [2.05, 4.69) is 53.6 Å². The summed E-state index contributed by atoms with van der Waals surface area (Å²) in [5.74, 6) is 1.38. The summed E-state index contributed by atoms with van der Waals surface area (Å²) in [7, 11) is 1.76. The Kier molecular flexibility index (Phi) is 4.29. The zero-order chi connectivity index (χ0) is 21.0. The summed E-state index contributed by atoms with van der Waals surface area (Å²) >= 11 is 0. The first kappa shape index (κ1) is 19.0. The van der Waals surface area contributed by atoms with Gasteiger partial charge in [0, 0.05) is 13.1 Å². The molecule has 0 saturated heterocycles. The molecule has 1 N–H and O–H groups in total. The lowest BCUT2D eigenvalue weighted by atomic mass is 9.70. The lowest BCUT2D eigenvalue weighted by Gasteiger charge is -2.40. The Balaban J connectivity index is 1.59. The average molecular weight is 402 g/mol. The molecule has 0 spiro atoms. The van der Waals surface area contributed by atoms with Gasteiger partial charge in [0.1, 0.15) is 0 Å².